The largest absolute Gasteiger partial charge is 0.493 e. The van der Waals surface area contributed by atoms with Crippen molar-refractivity contribution >= 4 is 50.9 Å². The molecule has 1 aliphatic carbocycles. The summed E-state index contributed by atoms with van der Waals surface area (Å²) in [6, 6.07) is 17.2. The Labute approximate surface area is 237 Å². The van der Waals surface area contributed by atoms with Gasteiger partial charge in [0.05, 0.1) is 19.2 Å². The number of benzene rings is 3. The van der Waals surface area contributed by atoms with Crippen molar-refractivity contribution in [1.82, 2.24) is 9.97 Å². The number of nitrogens with one attached hydrogen (secondary N) is 2. The molecule has 0 amide bonds. The van der Waals surface area contributed by atoms with Crippen LogP contribution in [0.25, 0.3) is 16.5 Å². The Kier molecular flexibility index (Phi) is 8.36. The number of nitrogens with zero attached hydrogens (tertiary/aromatic N) is 2. The quantitative estimate of drug-likeness (QED) is 0.177. The van der Waals surface area contributed by atoms with Crippen LogP contribution < -0.4 is 20.1 Å². The van der Waals surface area contributed by atoms with Crippen LogP contribution in [0.2, 0.25) is 0 Å². The van der Waals surface area contributed by atoms with Crippen molar-refractivity contribution in [3.63, 3.8) is 0 Å². The predicted molar refractivity (Wildman–Crippen MR) is 159 cm³/mol. The third-order valence-corrected chi connectivity index (χ3v) is 6.66. The van der Waals surface area contributed by atoms with Crippen molar-refractivity contribution < 1.29 is 23.8 Å². The Morgan fingerprint density at radius 2 is 1.71 bits per heavy atom. The molecule has 41 heavy (non-hydrogen) atoms. The summed E-state index contributed by atoms with van der Waals surface area (Å²) in [5, 5.41) is 7.54. The van der Waals surface area contributed by atoms with Crippen LogP contribution in [0.1, 0.15) is 18.1 Å². The summed E-state index contributed by atoms with van der Waals surface area (Å²) in [5.74, 6) is 1.14. The van der Waals surface area contributed by atoms with Crippen LogP contribution in [0.15, 0.2) is 79.2 Å². The number of fused-ring (bicyclic) bond motifs is 1. The number of allylic oxidation sites excluding steroid dienone is 4. The summed E-state index contributed by atoms with van der Waals surface area (Å²) in [7, 11) is 3.18. The molecular formula is C32H30N4O5. The van der Waals surface area contributed by atoms with Gasteiger partial charge in [0.25, 0.3) is 0 Å². The van der Waals surface area contributed by atoms with Crippen LogP contribution >= 0.6 is 0 Å². The number of ketones is 2. The maximum absolute atomic E-state index is 12.9. The van der Waals surface area contributed by atoms with E-state index in [4.69, 9.17) is 14.2 Å². The van der Waals surface area contributed by atoms with Gasteiger partial charge in [0.2, 0.25) is 0 Å². The summed E-state index contributed by atoms with van der Waals surface area (Å²) in [6.07, 6.45) is 6.25. The first kappa shape index (κ1) is 27.5. The van der Waals surface area contributed by atoms with Crippen molar-refractivity contribution in [1.29, 1.82) is 0 Å². The minimum Gasteiger partial charge on any atom is -0.493 e. The van der Waals surface area contributed by atoms with Gasteiger partial charge >= 0.3 is 0 Å². The second-order valence-corrected chi connectivity index (χ2v) is 9.26. The second kappa shape index (κ2) is 12.4. The fourth-order valence-electron chi connectivity index (χ4n) is 4.58. The van der Waals surface area contributed by atoms with Gasteiger partial charge in [-0.15, -0.1) is 0 Å². The number of hydrogen-bond acceptors (Lipinski definition) is 9. The van der Waals surface area contributed by atoms with Crippen molar-refractivity contribution in [3.8, 4) is 11.5 Å². The molecule has 0 unspecified atom stereocenters. The molecule has 3 aromatic carbocycles. The summed E-state index contributed by atoms with van der Waals surface area (Å²) in [6.45, 7) is 2.89. The number of rotatable bonds is 11. The van der Waals surface area contributed by atoms with Crippen LogP contribution in [0.3, 0.4) is 0 Å². The molecular weight excluding hydrogens is 520 g/mol. The molecule has 208 valence electrons. The Hall–Kier alpha value is -5.02. The number of carbonyl (C=O) groups excluding carboxylic acids is 2. The molecule has 9 nitrogen and oxygen atoms in total. The summed E-state index contributed by atoms with van der Waals surface area (Å²) in [4.78, 5) is 34.0. The van der Waals surface area contributed by atoms with E-state index in [1.165, 1.54) is 24.6 Å². The molecule has 2 N–H and O–H groups in total. The van der Waals surface area contributed by atoms with E-state index in [-0.39, 0.29) is 11.6 Å². The summed E-state index contributed by atoms with van der Waals surface area (Å²) < 4.78 is 16.4. The highest BCUT2D eigenvalue weighted by molar-refractivity contribution is 6.34. The maximum Gasteiger partial charge on any atom is 0.186 e. The van der Waals surface area contributed by atoms with E-state index in [1.807, 2.05) is 42.5 Å². The number of ether oxygens (including phenoxy) is 3. The molecule has 5 rings (SSSR count). The van der Waals surface area contributed by atoms with Gasteiger partial charge in [-0.05, 0) is 60.5 Å². The van der Waals surface area contributed by atoms with Gasteiger partial charge in [-0.25, -0.2) is 9.97 Å². The maximum atomic E-state index is 12.9. The molecule has 0 aliphatic heterocycles. The van der Waals surface area contributed by atoms with Gasteiger partial charge < -0.3 is 24.8 Å². The molecule has 1 aliphatic rings. The van der Waals surface area contributed by atoms with Crippen LogP contribution in [-0.2, 0) is 20.7 Å². The van der Waals surface area contributed by atoms with E-state index in [0.29, 0.717) is 58.6 Å². The van der Waals surface area contributed by atoms with Gasteiger partial charge in [-0.3, -0.25) is 9.59 Å². The fourth-order valence-corrected chi connectivity index (χ4v) is 4.58. The van der Waals surface area contributed by atoms with E-state index >= 15 is 0 Å². The minimum atomic E-state index is -0.244. The highest BCUT2D eigenvalue weighted by Crippen LogP contribution is 2.37. The zero-order chi connectivity index (χ0) is 28.8. The molecule has 4 aromatic rings. The molecule has 1 heterocycles. The lowest BCUT2D eigenvalue weighted by Crippen LogP contribution is -2.09. The van der Waals surface area contributed by atoms with Gasteiger partial charge in [0.1, 0.15) is 18.8 Å². The normalized spacial score (nSPS) is 12.8. The Bertz CT molecular complexity index is 1680. The molecule has 0 radical (unpaired) electrons. The van der Waals surface area contributed by atoms with E-state index in [9.17, 15) is 9.59 Å². The molecule has 0 spiro atoms. The topological polar surface area (TPSA) is 112 Å². The number of aromatic nitrogens is 2. The zero-order valence-corrected chi connectivity index (χ0v) is 23.1. The minimum absolute atomic E-state index is 0.240. The number of carbonyl (C=O) groups is 2. The van der Waals surface area contributed by atoms with E-state index < -0.39 is 0 Å². The number of hydrogen-bond donors (Lipinski definition) is 2. The van der Waals surface area contributed by atoms with Crippen LogP contribution in [0, 0.1) is 0 Å². The lowest BCUT2D eigenvalue weighted by Gasteiger charge is -2.18. The Balaban J connectivity index is 1.54. The predicted octanol–water partition coefficient (Wildman–Crippen LogP) is 5.80. The standard InChI is InChI=1S/C32H30N4O5/c1-4-20-7-5-6-8-26(20)36-27-11-9-21(15-23(27)24-16-22(37)10-12-29(24)38)35-32-25-17-30(40-3)31(41-14-13-39-2)18-28(25)33-19-34-32/h5-12,15-19,36H,4,13-14H2,1-3H3,(H,33,34,35). The lowest BCUT2D eigenvalue weighted by molar-refractivity contribution is -0.113. The average Bonchev–Trinajstić information content (AvgIpc) is 2.99. The molecule has 0 saturated heterocycles. The zero-order valence-electron chi connectivity index (χ0n) is 23.1. The molecule has 1 aromatic heterocycles. The van der Waals surface area contributed by atoms with Crippen LogP contribution in [-0.4, -0.2) is 49.0 Å². The van der Waals surface area contributed by atoms with E-state index in [0.717, 1.165) is 23.1 Å². The third kappa shape index (κ3) is 6.10. The summed E-state index contributed by atoms with van der Waals surface area (Å²) >= 11 is 0. The fraction of sp³-hybridized carbons (Fsp3) is 0.188. The molecule has 0 bridgehead atoms. The first-order valence-corrected chi connectivity index (χ1v) is 13.2. The smallest absolute Gasteiger partial charge is 0.186 e. The third-order valence-electron chi connectivity index (χ3n) is 6.66. The highest BCUT2D eigenvalue weighted by atomic mass is 16.5. The number of anilines is 4. The van der Waals surface area contributed by atoms with Gasteiger partial charge in [0, 0.05) is 46.8 Å². The van der Waals surface area contributed by atoms with Gasteiger partial charge in [-0.1, -0.05) is 25.1 Å². The lowest BCUT2D eigenvalue weighted by atomic mass is 9.94. The van der Waals surface area contributed by atoms with Crippen molar-refractivity contribution in [2.75, 3.05) is 38.1 Å². The van der Waals surface area contributed by atoms with E-state index in [2.05, 4.69) is 33.6 Å². The van der Waals surface area contributed by atoms with Crippen molar-refractivity contribution in [3.05, 3.63) is 90.3 Å². The molecule has 9 heteroatoms. The monoisotopic (exact) mass is 550 g/mol. The van der Waals surface area contributed by atoms with Gasteiger partial charge in [-0.2, -0.15) is 0 Å². The Morgan fingerprint density at radius 3 is 2.51 bits per heavy atom. The molecule has 0 fully saturated rings. The molecule has 0 atom stereocenters. The second-order valence-electron chi connectivity index (χ2n) is 9.26. The van der Waals surface area contributed by atoms with Crippen molar-refractivity contribution in [2.45, 2.75) is 13.3 Å². The Morgan fingerprint density at radius 1 is 0.854 bits per heavy atom. The average molecular weight is 551 g/mol. The number of para-hydroxylation sites is 1. The first-order chi connectivity index (χ1) is 20.0. The summed E-state index contributed by atoms with van der Waals surface area (Å²) in [5.41, 5.74) is 4.99. The first-order valence-electron chi connectivity index (χ1n) is 13.2. The highest BCUT2D eigenvalue weighted by Gasteiger charge is 2.20. The van der Waals surface area contributed by atoms with Gasteiger partial charge in [0.15, 0.2) is 23.1 Å². The number of methoxy groups -OCH3 is 2. The van der Waals surface area contributed by atoms with Crippen molar-refractivity contribution in [2.24, 2.45) is 0 Å². The van der Waals surface area contributed by atoms with Crippen LogP contribution in [0.4, 0.5) is 22.9 Å². The number of aryl methyl sites for hydroxylation is 1. The SMILES string of the molecule is CCc1ccccc1Nc1ccc(Nc2ncnc3cc(OCCOC)c(OC)cc23)cc1C1=CC(=O)C=CC1=O. The molecule has 0 saturated carbocycles. The van der Waals surface area contributed by atoms with E-state index in [1.54, 1.807) is 20.3 Å². The van der Waals surface area contributed by atoms with Crippen LogP contribution in [0.5, 0.6) is 11.5 Å².